The summed E-state index contributed by atoms with van der Waals surface area (Å²) in [4.78, 5) is 44.0. The van der Waals surface area contributed by atoms with E-state index in [1.165, 1.54) is 31.5 Å². The van der Waals surface area contributed by atoms with E-state index >= 15 is 4.39 Å². The van der Waals surface area contributed by atoms with Crippen molar-refractivity contribution in [2.24, 2.45) is 5.41 Å². The Labute approximate surface area is 247 Å². The zero-order chi connectivity index (χ0) is 29.7. The van der Waals surface area contributed by atoms with E-state index in [0.717, 1.165) is 0 Å². The normalized spacial score (nSPS) is 23.3. The molecule has 3 heterocycles. The smallest absolute Gasteiger partial charge is 0.356 e. The molecule has 2 aliphatic rings. The highest BCUT2D eigenvalue weighted by Gasteiger charge is 2.66. The van der Waals surface area contributed by atoms with Gasteiger partial charge >= 0.3 is 5.97 Å². The van der Waals surface area contributed by atoms with Gasteiger partial charge in [-0.15, -0.1) is 0 Å². The van der Waals surface area contributed by atoms with Crippen LogP contribution >= 0.6 is 23.2 Å². The van der Waals surface area contributed by atoms with E-state index in [1.54, 1.807) is 30.3 Å². The first-order valence-electron chi connectivity index (χ1n) is 13.0. The molecule has 3 N–H and O–H groups in total. The fraction of sp³-hybridized carbons (Fsp3) is 0.333. The van der Waals surface area contributed by atoms with Gasteiger partial charge in [0, 0.05) is 22.7 Å². The molecule has 1 aromatic heterocycles. The molecule has 3 aromatic rings. The van der Waals surface area contributed by atoms with Gasteiger partial charge in [0.25, 0.3) is 0 Å². The Morgan fingerprint density at radius 3 is 2.56 bits per heavy atom. The first-order chi connectivity index (χ1) is 19.4. The molecule has 41 heavy (non-hydrogen) atoms. The number of fused-ring (bicyclic) bond motifs is 2. The van der Waals surface area contributed by atoms with Gasteiger partial charge in [-0.05, 0) is 53.3 Å². The minimum absolute atomic E-state index is 0.0745. The number of methoxy groups -OCH3 is 1. The summed E-state index contributed by atoms with van der Waals surface area (Å²) < 4.78 is 20.5. The number of benzene rings is 2. The summed E-state index contributed by atoms with van der Waals surface area (Å²) in [5.41, 5.74) is 0.0246. The number of amides is 2. The number of aromatic nitrogens is 1. The van der Waals surface area contributed by atoms with Gasteiger partial charge in [0.1, 0.15) is 16.9 Å². The molecule has 0 unspecified atom stereocenters. The van der Waals surface area contributed by atoms with Gasteiger partial charge in [-0.3, -0.25) is 9.59 Å². The van der Waals surface area contributed by atoms with Crippen LogP contribution in [-0.4, -0.2) is 42.0 Å². The minimum Gasteiger partial charge on any atom is -0.464 e. The highest BCUT2D eigenvalue weighted by atomic mass is 35.5. The number of esters is 1. The van der Waals surface area contributed by atoms with Crippen LogP contribution in [-0.2, 0) is 19.7 Å². The summed E-state index contributed by atoms with van der Waals surface area (Å²) in [6.07, 6.45) is 1.82. The Morgan fingerprint density at radius 2 is 1.90 bits per heavy atom. The van der Waals surface area contributed by atoms with Crippen LogP contribution in [0.5, 0.6) is 0 Å². The number of hydrogen-bond donors (Lipinski definition) is 3. The maximum Gasteiger partial charge on any atom is 0.356 e. The van der Waals surface area contributed by atoms with Gasteiger partial charge in [0.05, 0.1) is 30.1 Å². The molecule has 2 aliphatic heterocycles. The number of anilines is 2. The molecule has 5 rings (SSSR count). The van der Waals surface area contributed by atoms with E-state index in [4.69, 9.17) is 23.2 Å². The van der Waals surface area contributed by atoms with E-state index in [1.807, 2.05) is 20.8 Å². The van der Waals surface area contributed by atoms with E-state index < -0.39 is 41.1 Å². The fourth-order valence-electron chi connectivity index (χ4n) is 6.07. The predicted molar refractivity (Wildman–Crippen MR) is 155 cm³/mol. The molecule has 1 fully saturated rings. The van der Waals surface area contributed by atoms with Crippen molar-refractivity contribution in [2.75, 3.05) is 17.7 Å². The van der Waals surface area contributed by atoms with Crippen molar-refractivity contribution >= 4 is 52.4 Å². The van der Waals surface area contributed by atoms with Crippen LogP contribution in [0, 0.1) is 11.2 Å². The van der Waals surface area contributed by atoms with Gasteiger partial charge < -0.3 is 20.7 Å². The minimum atomic E-state index is -1.37. The number of carbonyl (C=O) groups excluding carboxylic acids is 3. The zero-order valence-electron chi connectivity index (χ0n) is 22.8. The van der Waals surface area contributed by atoms with E-state index in [0.29, 0.717) is 28.4 Å². The topological polar surface area (TPSA) is 109 Å². The first-order valence-corrected chi connectivity index (χ1v) is 13.8. The van der Waals surface area contributed by atoms with Crippen LogP contribution in [0.2, 0.25) is 10.0 Å². The van der Waals surface area contributed by atoms with Crippen LogP contribution in [0.4, 0.5) is 15.8 Å². The number of hydrogen-bond acceptors (Lipinski definition) is 6. The van der Waals surface area contributed by atoms with Crippen molar-refractivity contribution in [3.8, 4) is 0 Å². The highest BCUT2D eigenvalue weighted by molar-refractivity contribution is 6.31. The Morgan fingerprint density at radius 1 is 1.15 bits per heavy atom. The van der Waals surface area contributed by atoms with Crippen molar-refractivity contribution in [3.05, 3.63) is 87.4 Å². The second-order valence-electron chi connectivity index (χ2n) is 11.5. The summed E-state index contributed by atoms with van der Waals surface area (Å²) in [5, 5.41) is 9.49. The van der Waals surface area contributed by atoms with Crippen molar-refractivity contribution in [1.29, 1.82) is 0 Å². The van der Waals surface area contributed by atoms with Gasteiger partial charge in [0.15, 0.2) is 0 Å². The van der Waals surface area contributed by atoms with Gasteiger partial charge in [-0.25, -0.2) is 14.2 Å². The summed E-state index contributed by atoms with van der Waals surface area (Å²) in [6, 6.07) is 11.0. The average molecular weight is 599 g/mol. The Hall–Kier alpha value is -3.53. The molecule has 1 spiro atoms. The lowest BCUT2D eigenvalue weighted by atomic mass is 9.62. The molecule has 0 radical (unpaired) electrons. The highest BCUT2D eigenvalue weighted by Crippen LogP contribution is 2.57. The van der Waals surface area contributed by atoms with Gasteiger partial charge in [-0.2, -0.15) is 0 Å². The number of halogens is 3. The van der Waals surface area contributed by atoms with Crippen molar-refractivity contribution < 1.29 is 23.5 Å². The average Bonchev–Trinajstić information content (AvgIpc) is 3.39. The van der Waals surface area contributed by atoms with Crippen molar-refractivity contribution in [1.82, 2.24) is 10.3 Å². The second-order valence-corrected chi connectivity index (χ2v) is 12.4. The molecule has 214 valence electrons. The number of pyridine rings is 1. The van der Waals surface area contributed by atoms with Crippen LogP contribution in [0.15, 0.2) is 54.7 Å². The lowest BCUT2D eigenvalue weighted by molar-refractivity contribution is -0.122. The number of nitrogens with zero attached hydrogens (tertiary/aromatic N) is 1. The van der Waals surface area contributed by atoms with E-state index in [-0.39, 0.29) is 27.6 Å². The molecule has 0 saturated carbocycles. The molecular weight excluding hydrogens is 570 g/mol. The van der Waals surface area contributed by atoms with Crippen LogP contribution in [0.3, 0.4) is 0 Å². The molecule has 0 aliphatic carbocycles. The molecule has 2 amide bonds. The van der Waals surface area contributed by atoms with Crippen molar-refractivity contribution in [3.63, 3.8) is 0 Å². The third kappa shape index (κ3) is 5.07. The number of carbonyl (C=O) groups is 3. The predicted octanol–water partition coefficient (Wildman–Crippen LogP) is 5.70. The van der Waals surface area contributed by atoms with Gasteiger partial charge in [0.2, 0.25) is 11.8 Å². The van der Waals surface area contributed by atoms with Gasteiger partial charge in [-0.1, -0.05) is 62.2 Å². The number of ether oxygens (including phenoxy) is 1. The molecule has 11 heteroatoms. The summed E-state index contributed by atoms with van der Waals surface area (Å²) in [6.45, 7) is 6.11. The molecule has 4 atom stereocenters. The quantitative estimate of drug-likeness (QED) is 0.325. The van der Waals surface area contributed by atoms with Crippen LogP contribution in [0.25, 0.3) is 0 Å². The van der Waals surface area contributed by atoms with E-state index in [9.17, 15) is 14.4 Å². The standard InChI is InChI=1S/C30H29Cl2FN4O4/c1-29(2,3)13-22-30(18-10-8-15(31)12-21(18)36-28(30)40)23(17-6-5-7-19(32)24(17)33)25(37-22)26(38)35-16-9-11-20(34-14-16)27(39)41-4/h5-12,14,22-23,25,37H,13H2,1-4H3,(H,35,38)(H,36,40)/t22-,23-,25+,30+/m0/s1. The largest absolute Gasteiger partial charge is 0.464 e. The fourth-order valence-corrected chi connectivity index (χ4v) is 6.42. The molecular formula is C30H29Cl2FN4O4. The molecule has 1 saturated heterocycles. The third-order valence-electron chi connectivity index (χ3n) is 7.65. The lowest BCUT2D eigenvalue weighted by Gasteiger charge is -2.37. The summed E-state index contributed by atoms with van der Waals surface area (Å²) in [7, 11) is 1.25. The Bertz CT molecular complexity index is 1540. The maximum absolute atomic E-state index is 15.8. The zero-order valence-corrected chi connectivity index (χ0v) is 24.4. The summed E-state index contributed by atoms with van der Waals surface area (Å²) >= 11 is 12.5. The van der Waals surface area contributed by atoms with Crippen LogP contribution in [0.1, 0.15) is 54.7 Å². The molecule has 0 bridgehead atoms. The first kappa shape index (κ1) is 29.0. The number of rotatable bonds is 5. The molecule has 8 nitrogen and oxygen atoms in total. The number of nitrogens with one attached hydrogen (secondary N) is 3. The van der Waals surface area contributed by atoms with E-state index in [2.05, 4.69) is 25.7 Å². The Balaban J connectivity index is 1.66. The summed E-state index contributed by atoms with van der Waals surface area (Å²) in [5.74, 6) is -3.17. The van der Waals surface area contributed by atoms with Crippen molar-refractivity contribution in [2.45, 2.75) is 50.6 Å². The second kappa shape index (κ2) is 10.7. The Kier molecular flexibility index (Phi) is 7.57. The van der Waals surface area contributed by atoms with Crippen LogP contribution < -0.4 is 16.0 Å². The molecule has 2 aromatic carbocycles. The maximum atomic E-state index is 15.8. The third-order valence-corrected chi connectivity index (χ3v) is 8.17. The SMILES string of the molecule is COC(=O)c1ccc(NC(=O)[C@@H]2N[C@@H](CC(C)(C)C)[C@@]3(C(=O)Nc4cc(Cl)ccc43)[C@H]2c2cccc(Cl)c2F)cn1. The lowest BCUT2D eigenvalue weighted by Crippen LogP contribution is -2.49. The monoisotopic (exact) mass is 598 g/mol.